The molecule has 2 aliphatic rings. The van der Waals surface area contributed by atoms with Gasteiger partial charge in [0.05, 0.1) is 0 Å². The first-order valence-electron chi connectivity index (χ1n) is 12.8. The molecule has 10 nitrogen and oxygen atoms in total. The maximum Gasteiger partial charge on any atom is 0.490 e. The first-order chi connectivity index (χ1) is 19.5. The largest absolute Gasteiger partial charge is 0.508 e. The average molecular weight is 612 g/mol. The quantitative estimate of drug-likeness (QED) is 0.422. The molecule has 4 rings (SSSR count). The summed E-state index contributed by atoms with van der Waals surface area (Å²) in [6, 6.07) is 9.19. The summed E-state index contributed by atoms with van der Waals surface area (Å²) in [5.41, 5.74) is 2.24. The fraction of sp³-hybridized carbons (Fsp3) is 0.500. The Hall–Kier alpha value is -3.95. The predicted molar refractivity (Wildman–Crippen MR) is 136 cm³/mol. The number of alkyl halides is 6. The Bertz CT molecular complexity index is 1160. The number of likely N-dealkylation sites (tertiary alicyclic amines) is 1. The molecule has 0 bridgehead atoms. The van der Waals surface area contributed by atoms with Crippen molar-refractivity contribution in [3.63, 3.8) is 0 Å². The van der Waals surface area contributed by atoms with Gasteiger partial charge in [-0.05, 0) is 56.3 Å². The number of aromatic hydroxyl groups is 1. The highest BCUT2D eigenvalue weighted by Crippen LogP contribution is 2.24. The second-order valence-corrected chi connectivity index (χ2v) is 9.30. The molecule has 234 valence electrons. The summed E-state index contributed by atoms with van der Waals surface area (Å²) in [6.07, 6.45) is -6.84. The average Bonchev–Trinajstić information content (AvgIpc) is 3.58. The zero-order valence-corrected chi connectivity index (χ0v) is 22.5. The molecule has 2 aromatic rings. The number of aliphatic carboxylic acids is 2. The van der Waals surface area contributed by atoms with Gasteiger partial charge in [0.1, 0.15) is 11.5 Å². The molecule has 2 aliphatic heterocycles. The van der Waals surface area contributed by atoms with Crippen LogP contribution >= 0.6 is 0 Å². The van der Waals surface area contributed by atoms with Crippen LogP contribution in [0.3, 0.4) is 0 Å². The van der Waals surface area contributed by atoms with Gasteiger partial charge < -0.3 is 29.5 Å². The Labute approximate surface area is 236 Å². The summed E-state index contributed by atoms with van der Waals surface area (Å²) in [5.74, 6) is -3.83. The van der Waals surface area contributed by atoms with Crippen molar-refractivity contribution < 1.29 is 60.5 Å². The van der Waals surface area contributed by atoms with Gasteiger partial charge in [-0.3, -0.25) is 9.69 Å². The van der Waals surface area contributed by atoms with Crippen LogP contribution in [0, 0.1) is 0 Å². The lowest BCUT2D eigenvalue weighted by molar-refractivity contribution is -0.193. The van der Waals surface area contributed by atoms with Crippen molar-refractivity contribution in [1.82, 2.24) is 9.80 Å². The number of amides is 1. The van der Waals surface area contributed by atoms with Gasteiger partial charge in [-0.1, -0.05) is 6.92 Å². The fourth-order valence-electron chi connectivity index (χ4n) is 4.17. The van der Waals surface area contributed by atoms with Crippen LogP contribution in [0.5, 0.6) is 5.75 Å². The summed E-state index contributed by atoms with van der Waals surface area (Å²) < 4.78 is 69.4. The maximum absolute atomic E-state index is 13.0. The molecule has 3 N–H and O–H groups in total. The normalized spacial score (nSPS) is 15.8. The van der Waals surface area contributed by atoms with Crippen LogP contribution in [0.25, 0.3) is 0 Å². The summed E-state index contributed by atoms with van der Waals surface area (Å²) in [5, 5.41) is 23.7. The lowest BCUT2D eigenvalue weighted by atomic mass is 10.2. The maximum atomic E-state index is 13.0. The van der Waals surface area contributed by atoms with E-state index in [0.29, 0.717) is 18.8 Å². The number of carboxylic acid groups (broad SMARTS) is 2. The van der Waals surface area contributed by atoms with Gasteiger partial charge in [-0.15, -0.1) is 0 Å². The summed E-state index contributed by atoms with van der Waals surface area (Å²) >= 11 is 0. The minimum atomic E-state index is -5.08. The van der Waals surface area contributed by atoms with Crippen molar-refractivity contribution in [3.05, 3.63) is 47.4 Å². The molecule has 0 saturated carbocycles. The summed E-state index contributed by atoms with van der Waals surface area (Å²) in [7, 11) is 0. The highest BCUT2D eigenvalue weighted by molar-refractivity contribution is 5.92. The van der Waals surface area contributed by atoms with E-state index in [1.165, 1.54) is 12.8 Å². The number of piperazine rings is 1. The number of rotatable bonds is 5. The lowest BCUT2D eigenvalue weighted by Gasteiger charge is -2.35. The fourth-order valence-corrected chi connectivity index (χ4v) is 4.17. The molecular weight excluding hydrogens is 580 g/mol. The Balaban J connectivity index is 0.000000367. The van der Waals surface area contributed by atoms with Crippen molar-refractivity contribution in [1.29, 1.82) is 0 Å². The van der Waals surface area contributed by atoms with Crippen LogP contribution < -0.4 is 4.90 Å². The van der Waals surface area contributed by atoms with E-state index in [0.717, 1.165) is 56.2 Å². The van der Waals surface area contributed by atoms with Gasteiger partial charge in [-0.25, -0.2) is 9.59 Å². The van der Waals surface area contributed by atoms with Crippen LogP contribution in [-0.2, 0) is 22.6 Å². The number of phenolic OH excluding ortho intramolecular Hbond substituents is 1. The molecular formula is C26H31F6N3O7. The Morgan fingerprint density at radius 3 is 1.74 bits per heavy atom. The molecule has 3 heterocycles. The van der Waals surface area contributed by atoms with E-state index in [1.807, 2.05) is 23.1 Å². The highest BCUT2D eigenvalue weighted by Gasteiger charge is 2.39. The Kier molecular flexibility index (Phi) is 12.1. The number of carboxylic acids is 2. The first-order valence-corrected chi connectivity index (χ1v) is 12.8. The topological polar surface area (TPSA) is 135 Å². The number of carbonyl (C=O) groups excluding carboxylic acids is 1. The van der Waals surface area contributed by atoms with Gasteiger partial charge in [0.2, 0.25) is 0 Å². The first kappa shape index (κ1) is 34.3. The summed E-state index contributed by atoms with van der Waals surface area (Å²) in [4.78, 5) is 37.3. The SMILES string of the molecule is CCc1oc(C(=O)N2CCN(c3ccc(O)cc3)CC2)cc1CN1CCCC1.O=C(O)C(F)(F)F.O=C(O)C(F)(F)F. The minimum Gasteiger partial charge on any atom is -0.508 e. The van der Waals surface area contributed by atoms with Crippen molar-refractivity contribution in [2.24, 2.45) is 0 Å². The van der Waals surface area contributed by atoms with Gasteiger partial charge in [0.25, 0.3) is 5.91 Å². The second kappa shape index (κ2) is 14.8. The third-order valence-electron chi connectivity index (χ3n) is 6.29. The molecule has 0 atom stereocenters. The minimum absolute atomic E-state index is 0.00673. The monoisotopic (exact) mass is 611 g/mol. The van der Waals surface area contributed by atoms with E-state index < -0.39 is 24.3 Å². The molecule has 0 radical (unpaired) electrons. The van der Waals surface area contributed by atoms with Crippen molar-refractivity contribution in [2.45, 2.75) is 45.1 Å². The van der Waals surface area contributed by atoms with Gasteiger partial charge in [0.15, 0.2) is 5.76 Å². The number of hydrogen-bond acceptors (Lipinski definition) is 7. The van der Waals surface area contributed by atoms with Crippen LogP contribution in [0.2, 0.25) is 0 Å². The standard InChI is InChI=1S/C22H29N3O3.2C2HF3O2/c1-2-20-17(16-23-9-3-4-10-23)15-21(28-20)22(27)25-13-11-24(12-14-25)18-5-7-19(26)8-6-18;2*3-2(4,5)1(6)7/h5-8,15,26H,2-4,9-14,16H2,1H3;2*(H,6,7). The molecule has 1 amide bonds. The van der Waals surface area contributed by atoms with E-state index in [1.54, 1.807) is 12.1 Å². The number of halogens is 6. The molecule has 0 spiro atoms. The van der Waals surface area contributed by atoms with E-state index >= 15 is 0 Å². The van der Waals surface area contributed by atoms with E-state index in [-0.39, 0.29) is 11.7 Å². The van der Waals surface area contributed by atoms with E-state index in [9.17, 15) is 36.2 Å². The van der Waals surface area contributed by atoms with Gasteiger partial charge >= 0.3 is 24.3 Å². The molecule has 1 aromatic heterocycles. The number of aryl methyl sites for hydroxylation is 1. The number of phenols is 1. The smallest absolute Gasteiger partial charge is 0.490 e. The number of anilines is 1. The van der Waals surface area contributed by atoms with E-state index in [2.05, 4.69) is 16.7 Å². The molecule has 42 heavy (non-hydrogen) atoms. The highest BCUT2D eigenvalue weighted by atomic mass is 19.4. The van der Waals surface area contributed by atoms with Crippen LogP contribution in [0.4, 0.5) is 32.0 Å². The molecule has 2 saturated heterocycles. The van der Waals surface area contributed by atoms with Gasteiger partial charge in [0, 0.05) is 50.4 Å². The Morgan fingerprint density at radius 2 is 1.31 bits per heavy atom. The number of nitrogens with zero attached hydrogens (tertiary/aromatic N) is 3. The number of hydrogen-bond donors (Lipinski definition) is 3. The predicted octanol–water partition coefficient (Wildman–Crippen LogP) is 4.37. The molecule has 2 fully saturated rings. The van der Waals surface area contributed by atoms with Gasteiger partial charge in [-0.2, -0.15) is 26.3 Å². The number of furan rings is 1. The summed E-state index contributed by atoms with van der Waals surface area (Å²) in [6.45, 7) is 8.13. The number of benzene rings is 1. The molecule has 0 aliphatic carbocycles. The third kappa shape index (κ3) is 10.5. The lowest BCUT2D eigenvalue weighted by Crippen LogP contribution is -2.48. The molecule has 1 aromatic carbocycles. The zero-order valence-electron chi connectivity index (χ0n) is 22.5. The van der Waals surface area contributed by atoms with Crippen LogP contribution in [0.15, 0.2) is 34.7 Å². The van der Waals surface area contributed by atoms with Crippen LogP contribution in [-0.4, -0.2) is 94.6 Å². The zero-order chi connectivity index (χ0) is 31.7. The van der Waals surface area contributed by atoms with Crippen molar-refractivity contribution >= 4 is 23.5 Å². The Morgan fingerprint density at radius 1 is 0.833 bits per heavy atom. The molecule has 0 unspecified atom stereocenters. The van der Waals surface area contributed by atoms with Crippen molar-refractivity contribution in [3.8, 4) is 5.75 Å². The van der Waals surface area contributed by atoms with E-state index in [4.69, 9.17) is 24.2 Å². The third-order valence-corrected chi connectivity index (χ3v) is 6.29. The molecule has 16 heteroatoms. The second-order valence-electron chi connectivity index (χ2n) is 9.30. The van der Waals surface area contributed by atoms with Crippen molar-refractivity contribution in [2.75, 3.05) is 44.2 Å². The van der Waals surface area contributed by atoms with Crippen LogP contribution in [0.1, 0.15) is 41.6 Å². The number of carbonyl (C=O) groups is 3.